The fourth-order valence-electron chi connectivity index (χ4n) is 1.26. The summed E-state index contributed by atoms with van der Waals surface area (Å²) in [5.41, 5.74) is 5.95. The molecule has 0 atom stereocenters. The van der Waals surface area contributed by atoms with Crippen molar-refractivity contribution in [2.24, 2.45) is 0 Å². The molecule has 88 valence electrons. The van der Waals surface area contributed by atoms with Gasteiger partial charge in [0.25, 0.3) is 5.91 Å². The molecule has 17 heavy (non-hydrogen) atoms. The van der Waals surface area contributed by atoms with E-state index in [4.69, 9.17) is 17.3 Å². The third-order valence-electron chi connectivity index (χ3n) is 2.04. The van der Waals surface area contributed by atoms with E-state index in [9.17, 15) is 9.18 Å². The summed E-state index contributed by atoms with van der Waals surface area (Å²) in [6.07, 6.45) is 0. The number of hydrogen-bond acceptors (Lipinski definition) is 3. The second kappa shape index (κ2) is 4.73. The predicted octanol–water partition coefficient (Wildman–Crippen LogP) is 3.38. The maximum Gasteiger partial charge on any atom is 0.265 e. The largest absolute Gasteiger partial charge is 0.399 e. The number of nitrogens with one attached hydrogen (secondary N) is 1. The first-order valence-electron chi connectivity index (χ1n) is 4.68. The molecule has 1 amide bonds. The molecule has 0 saturated carbocycles. The van der Waals surface area contributed by atoms with Gasteiger partial charge in [0.2, 0.25) is 0 Å². The van der Waals surface area contributed by atoms with Gasteiger partial charge >= 0.3 is 0 Å². The van der Waals surface area contributed by atoms with Gasteiger partial charge in [-0.25, -0.2) is 4.39 Å². The number of anilines is 2. The Labute approximate surface area is 106 Å². The van der Waals surface area contributed by atoms with E-state index in [1.54, 1.807) is 12.1 Å². The van der Waals surface area contributed by atoms with Crippen molar-refractivity contribution < 1.29 is 9.18 Å². The summed E-state index contributed by atoms with van der Waals surface area (Å²) in [5.74, 6) is -0.943. The van der Waals surface area contributed by atoms with Crippen LogP contribution in [0.25, 0.3) is 0 Å². The Bertz CT molecular complexity index is 570. The second-order valence-electron chi connectivity index (χ2n) is 3.30. The average Bonchev–Trinajstić information content (AvgIpc) is 2.70. The van der Waals surface area contributed by atoms with Crippen LogP contribution in [0.15, 0.2) is 30.3 Å². The molecule has 3 N–H and O–H groups in total. The number of halogens is 2. The number of nitrogens with two attached hydrogens (primary N) is 1. The summed E-state index contributed by atoms with van der Waals surface area (Å²) in [4.78, 5) is 12.1. The van der Waals surface area contributed by atoms with E-state index in [1.807, 2.05) is 0 Å². The second-order valence-corrected chi connectivity index (χ2v) is 5.01. The van der Waals surface area contributed by atoms with E-state index in [-0.39, 0.29) is 5.69 Å². The molecule has 3 nitrogen and oxygen atoms in total. The number of amides is 1. The molecular weight excluding hydrogens is 263 g/mol. The first-order chi connectivity index (χ1) is 8.06. The van der Waals surface area contributed by atoms with Crippen LogP contribution >= 0.6 is 22.9 Å². The number of carbonyl (C=O) groups excluding carboxylic acids is 1. The van der Waals surface area contributed by atoms with Gasteiger partial charge in [0.05, 0.1) is 14.9 Å². The van der Waals surface area contributed by atoms with Gasteiger partial charge < -0.3 is 11.1 Å². The molecule has 0 radical (unpaired) electrons. The molecule has 0 aliphatic rings. The van der Waals surface area contributed by atoms with Gasteiger partial charge in [-0.15, -0.1) is 11.3 Å². The van der Waals surface area contributed by atoms with Crippen LogP contribution in [0.5, 0.6) is 0 Å². The molecule has 6 heteroatoms. The lowest BCUT2D eigenvalue weighted by molar-refractivity contribution is 0.103. The molecular formula is C11H8ClFN2OS. The maximum atomic E-state index is 13.4. The molecule has 0 aliphatic heterocycles. The van der Waals surface area contributed by atoms with Gasteiger partial charge in [-0.2, -0.15) is 0 Å². The lowest BCUT2D eigenvalue weighted by atomic mass is 10.2. The summed E-state index contributed by atoms with van der Waals surface area (Å²) >= 11 is 6.83. The fourth-order valence-corrected chi connectivity index (χ4v) is 2.20. The highest BCUT2D eigenvalue weighted by Gasteiger charge is 2.11. The third-order valence-corrected chi connectivity index (χ3v) is 3.27. The first-order valence-corrected chi connectivity index (χ1v) is 5.87. The highest BCUT2D eigenvalue weighted by Crippen LogP contribution is 2.23. The van der Waals surface area contributed by atoms with E-state index >= 15 is 0 Å². The monoisotopic (exact) mass is 270 g/mol. The van der Waals surface area contributed by atoms with Crippen molar-refractivity contribution in [2.45, 2.75) is 0 Å². The van der Waals surface area contributed by atoms with E-state index < -0.39 is 11.7 Å². The molecule has 1 aromatic carbocycles. The maximum absolute atomic E-state index is 13.4. The first kappa shape index (κ1) is 11.9. The number of thiophene rings is 1. The van der Waals surface area contributed by atoms with Crippen LogP contribution in [-0.4, -0.2) is 5.91 Å². The van der Waals surface area contributed by atoms with Crippen LogP contribution in [0.2, 0.25) is 4.34 Å². The van der Waals surface area contributed by atoms with Crippen molar-refractivity contribution in [1.82, 2.24) is 0 Å². The molecule has 0 saturated heterocycles. The van der Waals surface area contributed by atoms with Gasteiger partial charge in [0, 0.05) is 5.69 Å². The topological polar surface area (TPSA) is 55.1 Å². The van der Waals surface area contributed by atoms with Crippen molar-refractivity contribution in [3.63, 3.8) is 0 Å². The highest BCUT2D eigenvalue weighted by molar-refractivity contribution is 7.18. The molecule has 0 spiro atoms. The Morgan fingerprint density at radius 1 is 1.35 bits per heavy atom. The summed E-state index contributed by atoms with van der Waals surface area (Å²) in [7, 11) is 0. The molecule has 2 rings (SSSR count). The van der Waals surface area contributed by atoms with Gasteiger partial charge in [-0.1, -0.05) is 11.6 Å². The minimum atomic E-state index is -0.532. The normalized spacial score (nSPS) is 10.2. The summed E-state index contributed by atoms with van der Waals surface area (Å²) in [6.45, 7) is 0. The summed E-state index contributed by atoms with van der Waals surface area (Å²) in [6, 6.07) is 7.17. The van der Waals surface area contributed by atoms with Crippen LogP contribution < -0.4 is 11.1 Å². The molecule has 1 aromatic heterocycles. The Balaban J connectivity index is 2.21. The zero-order chi connectivity index (χ0) is 12.4. The van der Waals surface area contributed by atoms with E-state index in [0.717, 1.165) is 11.3 Å². The van der Waals surface area contributed by atoms with Crippen molar-refractivity contribution in [3.05, 3.63) is 45.4 Å². The van der Waals surface area contributed by atoms with Gasteiger partial charge in [0.1, 0.15) is 5.82 Å². The molecule has 0 fully saturated rings. The zero-order valence-corrected chi connectivity index (χ0v) is 10.1. The Kier molecular flexibility index (Phi) is 3.31. The minimum absolute atomic E-state index is 0.0551. The summed E-state index contributed by atoms with van der Waals surface area (Å²) < 4.78 is 13.9. The Morgan fingerprint density at radius 3 is 2.76 bits per heavy atom. The fraction of sp³-hybridized carbons (Fsp3) is 0. The van der Waals surface area contributed by atoms with E-state index in [1.165, 1.54) is 18.2 Å². The van der Waals surface area contributed by atoms with Gasteiger partial charge in [0.15, 0.2) is 0 Å². The molecule has 0 bridgehead atoms. The van der Waals surface area contributed by atoms with Crippen molar-refractivity contribution in [3.8, 4) is 0 Å². The molecule has 0 unspecified atom stereocenters. The predicted molar refractivity (Wildman–Crippen MR) is 68.1 cm³/mol. The number of rotatable bonds is 2. The number of benzene rings is 1. The average molecular weight is 271 g/mol. The van der Waals surface area contributed by atoms with Crippen LogP contribution in [0.3, 0.4) is 0 Å². The van der Waals surface area contributed by atoms with Crippen molar-refractivity contribution in [2.75, 3.05) is 11.1 Å². The van der Waals surface area contributed by atoms with Crippen LogP contribution in [0, 0.1) is 5.82 Å². The Morgan fingerprint density at radius 2 is 2.12 bits per heavy atom. The smallest absolute Gasteiger partial charge is 0.265 e. The van der Waals surface area contributed by atoms with Crippen molar-refractivity contribution >= 4 is 40.2 Å². The lowest BCUT2D eigenvalue weighted by Crippen LogP contribution is -2.11. The highest BCUT2D eigenvalue weighted by atomic mass is 35.5. The van der Waals surface area contributed by atoms with Gasteiger partial charge in [-0.3, -0.25) is 4.79 Å². The SMILES string of the molecule is Nc1ccc(F)c(NC(=O)c2ccc(Cl)s2)c1. The number of nitrogen functional groups attached to an aromatic ring is 1. The summed E-state index contributed by atoms with van der Waals surface area (Å²) in [5, 5.41) is 2.44. The van der Waals surface area contributed by atoms with Crippen LogP contribution in [-0.2, 0) is 0 Å². The zero-order valence-electron chi connectivity index (χ0n) is 8.54. The minimum Gasteiger partial charge on any atom is -0.399 e. The Hall–Kier alpha value is -1.59. The molecule has 1 heterocycles. The van der Waals surface area contributed by atoms with Crippen LogP contribution in [0.4, 0.5) is 15.8 Å². The quantitative estimate of drug-likeness (QED) is 0.822. The lowest BCUT2D eigenvalue weighted by Gasteiger charge is -2.05. The number of carbonyl (C=O) groups is 1. The van der Waals surface area contributed by atoms with Crippen LogP contribution in [0.1, 0.15) is 9.67 Å². The van der Waals surface area contributed by atoms with Gasteiger partial charge in [-0.05, 0) is 30.3 Å². The van der Waals surface area contributed by atoms with E-state index in [2.05, 4.69) is 5.32 Å². The third kappa shape index (κ3) is 2.75. The van der Waals surface area contributed by atoms with E-state index in [0.29, 0.717) is 14.9 Å². The molecule has 2 aromatic rings. The molecule has 0 aliphatic carbocycles. The van der Waals surface area contributed by atoms with Crippen molar-refractivity contribution in [1.29, 1.82) is 0 Å². The number of hydrogen-bond donors (Lipinski definition) is 2. The standard InChI is InChI=1S/C11H8ClFN2OS/c12-10-4-3-9(17-10)11(16)15-8-5-6(14)1-2-7(8)13/h1-5H,14H2,(H,15,16).